The van der Waals surface area contributed by atoms with Gasteiger partial charge in [0.1, 0.15) is 0 Å². The molecule has 118 valence electrons. The van der Waals surface area contributed by atoms with Gasteiger partial charge in [-0.15, -0.1) is 0 Å². The van der Waals surface area contributed by atoms with Gasteiger partial charge >= 0.3 is 12.0 Å². The number of nitrogens with one attached hydrogen (secondary N) is 2. The van der Waals surface area contributed by atoms with Crippen molar-refractivity contribution in [2.45, 2.75) is 39.7 Å². The molecule has 0 aliphatic carbocycles. The third-order valence-corrected chi connectivity index (χ3v) is 2.33. The molecule has 0 aromatic carbocycles. The zero-order valence-electron chi connectivity index (χ0n) is 13.0. The second-order valence-electron chi connectivity index (χ2n) is 4.61. The molecule has 8 heteroatoms. The highest BCUT2D eigenvalue weighted by Crippen LogP contribution is 2.12. The van der Waals surface area contributed by atoms with Crippen molar-refractivity contribution in [3.8, 4) is 6.01 Å². The van der Waals surface area contributed by atoms with Gasteiger partial charge in [-0.25, -0.2) is 0 Å². The standard InChI is InChI=1S/C13H23N5O3/c1-5-7-14-11-16-12(15-8-6-10(19)20-4)18-13(17-11)21-9(2)3/h9H,5-8H2,1-4H3,(H2,14,15,16,17,18). The van der Waals surface area contributed by atoms with Crippen LogP contribution in [-0.4, -0.2) is 47.2 Å². The lowest BCUT2D eigenvalue weighted by atomic mass is 10.4. The number of ether oxygens (including phenoxy) is 2. The summed E-state index contributed by atoms with van der Waals surface area (Å²) in [4.78, 5) is 23.6. The molecule has 2 N–H and O–H groups in total. The Kier molecular flexibility index (Phi) is 7.20. The molecule has 0 amide bonds. The summed E-state index contributed by atoms with van der Waals surface area (Å²) in [6.07, 6.45) is 1.16. The van der Waals surface area contributed by atoms with Crippen molar-refractivity contribution in [2.75, 3.05) is 30.8 Å². The summed E-state index contributed by atoms with van der Waals surface area (Å²) in [5.41, 5.74) is 0. The Hall–Kier alpha value is -2.12. The number of aromatic nitrogens is 3. The maximum absolute atomic E-state index is 11.1. The predicted octanol–water partition coefficient (Wildman–Crippen LogP) is 1.46. The van der Waals surface area contributed by atoms with Crippen LogP contribution in [0.4, 0.5) is 11.9 Å². The van der Waals surface area contributed by atoms with Crippen LogP contribution in [-0.2, 0) is 9.53 Å². The molecular formula is C13H23N5O3. The van der Waals surface area contributed by atoms with E-state index in [-0.39, 0.29) is 24.5 Å². The summed E-state index contributed by atoms with van der Waals surface area (Å²) < 4.78 is 10.1. The molecule has 21 heavy (non-hydrogen) atoms. The van der Waals surface area contributed by atoms with Crippen molar-refractivity contribution >= 4 is 17.9 Å². The van der Waals surface area contributed by atoms with Gasteiger partial charge in [-0.3, -0.25) is 4.79 Å². The molecule has 0 saturated heterocycles. The number of hydrogen-bond acceptors (Lipinski definition) is 8. The van der Waals surface area contributed by atoms with E-state index in [9.17, 15) is 4.79 Å². The minimum atomic E-state index is -0.292. The molecule has 0 aliphatic rings. The molecule has 0 radical (unpaired) electrons. The molecule has 0 aliphatic heterocycles. The Bertz CT molecular complexity index is 453. The van der Waals surface area contributed by atoms with Crippen LogP contribution < -0.4 is 15.4 Å². The zero-order valence-corrected chi connectivity index (χ0v) is 13.0. The number of rotatable bonds is 9. The first-order chi connectivity index (χ1) is 10.0. The molecule has 0 spiro atoms. The lowest BCUT2D eigenvalue weighted by molar-refractivity contribution is -0.140. The van der Waals surface area contributed by atoms with Crippen LogP contribution >= 0.6 is 0 Å². The number of methoxy groups -OCH3 is 1. The first-order valence-electron chi connectivity index (χ1n) is 7.02. The van der Waals surface area contributed by atoms with Crippen LogP contribution in [0.5, 0.6) is 6.01 Å². The number of hydrogen-bond donors (Lipinski definition) is 2. The largest absolute Gasteiger partial charge is 0.469 e. The van der Waals surface area contributed by atoms with Crippen LogP contribution in [0.2, 0.25) is 0 Å². The lowest BCUT2D eigenvalue weighted by Crippen LogP contribution is -2.16. The van der Waals surface area contributed by atoms with Crippen molar-refractivity contribution < 1.29 is 14.3 Å². The van der Waals surface area contributed by atoms with Crippen molar-refractivity contribution in [3.05, 3.63) is 0 Å². The van der Waals surface area contributed by atoms with Crippen LogP contribution in [0.1, 0.15) is 33.6 Å². The number of carbonyl (C=O) groups excluding carboxylic acids is 1. The molecule has 0 bridgehead atoms. The average molecular weight is 297 g/mol. The minimum absolute atomic E-state index is 0.0330. The molecule has 1 aromatic rings. The molecular weight excluding hydrogens is 274 g/mol. The maximum atomic E-state index is 11.1. The summed E-state index contributed by atoms with van der Waals surface area (Å²) in [6.45, 7) is 6.98. The first-order valence-corrected chi connectivity index (χ1v) is 7.02. The maximum Gasteiger partial charge on any atom is 0.323 e. The number of esters is 1. The van der Waals surface area contributed by atoms with Gasteiger partial charge in [0.2, 0.25) is 11.9 Å². The number of anilines is 2. The minimum Gasteiger partial charge on any atom is -0.469 e. The van der Waals surface area contributed by atoms with E-state index in [2.05, 4.69) is 37.2 Å². The summed E-state index contributed by atoms with van der Waals surface area (Å²) in [5, 5.41) is 6.04. The van der Waals surface area contributed by atoms with Gasteiger partial charge in [0.25, 0.3) is 0 Å². The van der Waals surface area contributed by atoms with E-state index in [0.29, 0.717) is 18.4 Å². The average Bonchev–Trinajstić information content (AvgIpc) is 2.44. The third-order valence-electron chi connectivity index (χ3n) is 2.33. The Labute approximate surface area is 124 Å². The number of carbonyl (C=O) groups is 1. The molecule has 0 unspecified atom stereocenters. The SMILES string of the molecule is CCCNc1nc(NCCC(=O)OC)nc(OC(C)C)n1. The highest BCUT2D eigenvalue weighted by atomic mass is 16.5. The Morgan fingerprint density at radius 1 is 1.14 bits per heavy atom. The van der Waals surface area contributed by atoms with E-state index in [1.165, 1.54) is 7.11 Å². The molecule has 8 nitrogen and oxygen atoms in total. The molecule has 0 saturated carbocycles. The highest BCUT2D eigenvalue weighted by molar-refractivity contribution is 5.69. The molecule has 1 rings (SSSR count). The Morgan fingerprint density at radius 3 is 2.29 bits per heavy atom. The van der Waals surface area contributed by atoms with Crippen molar-refractivity contribution in [2.24, 2.45) is 0 Å². The van der Waals surface area contributed by atoms with Crippen LogP contribution in [0.3, 0.4) is 0 Å². The second kappa shape index (κ2) is 8.93. The van der Waals surface area contributed by atoms with E-state index >= 15 is 0 Å². The van der Waals surface area contributed by atoms with Gasteiger partial charge in [-0.05, 0) is 20.3 Å². The summed E-state index contributed by atoms with van der Waals surface area (Å²) >= 11 is 0. The van der Waals surface area contributed by atoms with Crippen LogP contribution in [0.15, 0.2) is 0 Å². The van der Waals surface area contributed by atoms with Gasteiger partial charge in [0.05, 0.1) is 19.6 Å². The number of nitrogens with zero attached hydrogens (tertiary/aromatic N) is 3. The predicted molar refractivity (Wildman–Crippen MR) is 79.5 cm³/mol. The Morgan fingerprint density at radius 2 is 1.76 bits per heavy atom. The molecule has 1 heterocycles. The fourth-order valence-corrected chi connectivity index (χ4v) is 1.39. The fraction of sp³-hybridized carbons (Fsp3) is 0.692. The van der Waals surface area contributed by atoms with Crippen LogP contribution in [0, 0.1) is 0 Å². The molecule has 1 aromatic heterocycles. The second-order valence-corrected chi connectivity index (χ2v) is 4.61. The smallest absolute Gasteiger partial charge is 0.323 e. The zero-order chi connectivity index (χ0) is 15.7. The van der Waals surface area contributed by atoms with Crippen molar-refractivity contribution in [1.29, 1.82) is 0 Å². The van der Waals surface area contributed by atoms with Gasteiger partial charge in [-0.1, -0.05) is 6.92 Å². The van der Waals surface area contributed by atoms with E-state index in [0.717, 1.165) is 13.0 Å². The van der Waals surface area contributed by atoms with E-state index in [1.807, 2.05) is 13.8 Å². The van der Waals surface area contributed by atoms with Gasteiger partial charge in [-0.2, -0.15) is 15.0 Å². The fourth-order valence-electron chi connectivity index (χ4n) is 1.39. The monoisotopic (exact) mass is 297 g/mol. The summed E-state index contributed by atoms with van der Waals surface area (Å²) in [5.74, 6) is 0.519. The quantitative estimate of drug-likeness (QED) is 0.661. The lowest BCUT2D eigenvalue weighted by Gasteiger charge is -2.11. The topological polar surface area (TPSA) is 98.3 Å². The van der Waals surface area contributed by atoms with Crippen molar-refractivity contribution in [3.63, 3.8) is 0 Å². The Balaban J connectivity index is 2.72. The summed E-state index contributed by atoms with van der Waals surface area (Å²) in [7, 11) is 1.35. The molecule has 0 atom stereocenters. The van der Waals surface area contributed by atoms with E-state index < -0.39 is 0 Å². The molecule has 0 fully saturated rings. The van der Waals surface area contributed by atoms with Crippen molar-refractivity contribution in [1.82, 2.24) is 15.0 Å². The summed E-state index contributed by atoms with van der Waals surface area (Å²) in [6, 6.07) is 0.249. The van der Waals surface area contributed by atoms with E-state index in [1.54, 1.807) is 0 Å². The first kappa shape index (κ1) is 16.9. The normalized spacial score (nSPS) is 10.3. The van der Waals surface area contributed by atoms with E-state index in [4.69, 9.17) is 4.74 Å². The third kappa shape index (κ3) is 6.73. The highest BCUT2D eigenvalue weighted by Gasteiger charge is 2.09. The van der Waals surface area contributed by atoms with Gasteiger partial charge in [0, 0.05) is 13.1 Å². The van der Waals surface area contributed by atoms with Gasteiger partial charge < -0.3 is 20.1 Å². The van der Waals surface area contributed by atoms with Crippen LogP contribution in [0.25, 0.3) is 0 Å². The van der Waals surface area contributed by atoms with Gasteiger partial charge in [0.15, 0.2) is 0 Å².